The number of amides is 1. The SMILES string of the molecule is CC(C)OC(=O)c1ccccc1S(=O)(=O)Oc1cccc(CN(C(=O)c2ccco2)C(C)C)c1. The van der Waals surface area contributed by atoms with Crippen molar-refractivity contribution >= 4 is 22.0 Å². The number of benzene rings is 2. The molecule has 0 aliphatic rings. The van der Waals surface area contributed by atoms with Gasteiger partial charge in [0, 0.05) is 12.6 Å². The van der Waals surface area contributed by atoms with Crippen molar-refractivity contribution in [1.29, 1.82) is 0 Å². The van der Waals surface area contributed by atoms with E-state index in [1.54, 1.807) is 49.1 Å². The topological polar surface area (TPSA) is 103 Å². The molecule has 0 saturated heterocycles. The molecule has 1 aromatic heterocycles. The first kappa shape index (κ1) is 25.0. The molecular weight excluding hydrogens is 458 g/mol. The van der Waals surface area contributed by atoms with Crippen molar-refractivity contribution in [2.24, 2.45) is 0 Å². The number of hydrogen-bond donors (Lipinski definition) is 0. The third-order valence-corrected chi connectivity index (χ3v) is 6.10. The number of rotatable bonds is 9. The van der Waals surface area contributed by atoms with Crippen molar-refractivity contribution in [2.45, 2.75) is 51.3 Å². The Morgan fingerprint density at radius 2 is 1.71 bits per heavy atom. The van der Waals surface area contributed by atoms with E-state index < -0.39 is 22.2 Å². The number of hydrogen-bond acceptors (Lipinski definition) is 7. The number of carbonyl (C=O) groups is 2. The number of ether oxygens (including phenoxy) is 1. The lowest BCUT2D eigenvalue weighted by atomic mass is 10.1. The zero-order chi connectivity index (χ0) is 24.9. The van der Waals surface area contributed by atoms with Gasteiger partial charge in [0.15, 0.2) is 5.76 Å². The third-order valence-electron chi connectivity index (χ3n) is 4.79. The maximum absolute atomic E-state index is 13.0. The average Bonchev–Trinajstić information content (AvgIpc) is 3.31. The maximum atomic E-state index is 13.0. The highest BCUT2D eigenvalue weighted by atomic mass is 32.2. The van der Waals surface area contributed by atoms with Crippen LogP contribution in [0.2, 0.25) is 0 Å². The van der Waals surface area contributed by atoms with E-state index in [2.05, 4.69) is 0 Å². The van der Waals surface area contributed by atoms with E-state index in [1.165, 1.54) is 36.6 Å². The van der Waals surface area contributed by atoms with Crippen molar-refractivity contribution in [3.8, 4) is 5.75 Å². The van der Waals surface area contributed by atoms with Gasteiger partial charge in [-0.1, -0.05) is 24.3 Å². The predicted molar refractivity (Wildman–Crippen MR) is 125 cm³/mol. The predicted octanol–water partition coefficient (Wildman–Crippen LogP) is 4.66. The Bertz CT molecular complexity index is 1250. The summed E-state index contributed by atoms with van der Waals surface area (Å²) < 4.78 is 41.7. The Kier molecular flexibility index (Phi) is 7.78. The summed E-state index contributed by atoms with van der Waals surface area (Å²) in [7, 11) is -4.33. The molecule has 0 aliphatic heterocycles. The number of esters is 1. The van der Waals surface area contributed by atoms with Crippen molar-refractivity contribution in [1.82, 2.24) is 4.90 Å². The van der Waals surface area contributed by atoms with Crippen LogP contribution < -0.4 is 4.18 Å². The second-order valence-electron chi connectivity index (χ2n) is 8.14. The molecule has 0 aliphatic carbocycles. The van der Waals surface area contributed by atoms with Gasteiger partial charge in [0.1, 0.15) is 10.6 Å². The minimum Gasteiger partial charge on any atom is -0.459 e. The van der Waals surface area contributed by atoms with Crippen LogP contribution in [0.3, 0.4) is 0 Å². The fourth-order valence-electron chi connectivity index (χ4n) is 3.23. The van der Waals surface area contributed by atoms with E-state index in [-0.39, 0.29) is 40.5 Å². The van der Waals surface area contributed by atoms with Gasteiger partial charge in [-0.05, 0) is 69.7 Å². The lowest BCUT2D eigenvalue weighted by Crippen LogP contribution is -2.36. The van der Waals surface area contributed by atoms with Gasteiger partial charge in [-0.3, -0.25) is 4.79 Å². The summed E-state index contributed by atoms with van der Waals surface area (Å²) in [6.45, 7) is 7.31. The Hall–Kier alpha value is -3.59. The smallest absolute Gasteiger partial charge is 0.340 e. The van der Waals surface area contributed by atoms with Gasteiger partial charge < -0.3 is 18.2 Å². The average molecular weight is 486 g/mol. The number of nitrogens with zero attached hydrogens (tertiary/aromatic N) is 1. The van der Waals surface area contributed by atoms with Gasteiger partial charge in [-0.15, -0.1) is 0 Å². The van der Waals surface area contributed by atoms with E-state index in [1.807, 2.05) is 13.8 Å². The molecule has 0 fully saturated rings. The first-order chi connectivity index (χ1) is 16.1. The minimum absolute atomic E-state index is 0.0543. The number of furan rings is 1. The second kappa shape index (κ2) is 10.6. The molecule has 9 heteroatoms. The summed E-state index contributed by atoms with van der Waals surface area (Å²) in [6.07, 6.45) is 1.02. The van der Waals surface area contributed by atoms with E-state index in [0.717, 1.165) is 0 Å². The highest BCUT2D eigenvalue weighted by molar-refractivity contribution is 7.87. The molecule has 8 nitrogen and oxygen atoms in total. The van der Waals surface area contributed by atoms with Crippen LogP contribution in [-0.4, -0.2) is 37.3 Å². The van der Waals surface area contributed by atoms with Crippen molar-refractivity contribution < 1.29 is 31.3 Å². The van der Waals surface area contributed by atoms with Gasteiger partial charge in [-0.2, -0.15) is 8.42 Å². The first-order valence-electron chi connectivity index (χ1n) is 10.8. The third kappa shape index (κ3) is 6.05. The number of carbonyl (C=O) groups excluding carboxylic acids is 2. The lowest BCUT2D eigenvalue weighted by Gasteiger charge is -2.26. The molecule has 0 atom stereocenters. The van der Waals surface area contributed by atoms with Crippen LogP contribution in [0, 0.1) is 0 Å². The highest BCUT2D eigenvalue weighted by Gasteiger charge is 2.26. The monoisotopic (exact) mass is 485 g/mol. The highest BCUT2D eigenvalue weighted by Crippen LogP contribution is 2.24. The molecule has 3 rings (SSSR count). The lowest BCUT2D eigenvalue weighted by molar-refractivity contribution is 0.0372. The van der Waals surface area contributed by atoms with Crippen LogP contribution in [-0.2, 0) is 21.4 Å². The molecule has 1 heterocycles. The van der Waals surface area contributed by atoms with E-state index >= 15 is 0 Å². The molecule has 0 N–H and O–H groups in total. The summed E-state index contributed by atoms with van der Waals surface area (Å²) in [5, 5.41) is 0. The Balaban J connectivity index is 1.84. The molecule has 0 spiro atoms. The van der Waals surface area contributed by atoms with E-state index in [9.17, 15) is 18.0 Å². The largest absolute Gasteiger partial charge is 0.459 e. The Morgan fingerprint density at radius 1 is 0.971 bits per heavy atom. The van der Waals surface area contributed by atoms with E-state index in [4.69, 9.17) is 13.3 Å². The minimum atomic E-state index is -4.33. The molecule has 1 amide bonds. The molecule has 0 saturated carbocycles. The van der Waals surface area contributed by atoms with Crippen LogP contribution in [0.1, 0.15) is 54.2 Å². The maximum Gasteiger partial charge on any atom is 0.340 e. The molecule has 34 heavy (non-hydrogen) atoms. The zero-order valence-corrected chi connectivity index (χ0v) is 20.2. The quantitative estimate of drug-likeness (QED) is 0.321. The molecule has 0 unspecified atom stereocenters. The molecular formula is C25H27NO7S. The molecule has 2 aromatic carbocycles. The molecule has 180 valence electrons. The Morgan fingerprint density at radius 3 is 2.35 bits per heavy atom. The summed E-state index contributed by atoms with van der Waals surface area (Å²) in [5.41, 5.74) is 0.552. The van der Waals surface area contributed by atoms with Crippen molar-refractivity contribution in [3.05, 3.63) is 83.8 Å². The summed E-state index contributed by atoms with van der Waals surface area (Å²) in [5.74, 6) is -0.765. The van der Waals surface area contributed by atoms with Gasteiger partial charge in [0.25, 0.3) is 5.91 Å². The summed E-state index contributed by atoms with van der Waals surface area (Å²) in [4.78, 5) is 26.5. The van der Waals surface area contributed by atoms with E-state index in [0.29, 0.717) is 5.56 Å². The molecule has 0 radical (unpaired) electrons. The van der Waals surface area contributed by atoms with Crippen LogP contribution in [0.5, 0.6) is 5.75 Å². The molecule has 3 aromatic rings. The van der Waals surface area contributed by atoms with Crippen LogP contribution in [0.4, 0.5) is 0 Å². The van der Waals surface area contributed by atoms with Gasteiger partial charge in [-0.25, -0.2) is 4.79 Å². The van der Waals surface area contributed by atoms with Gasteiger partial charge in [0.2, 0.25) is 0 Å². The van der Waals surface area contributed by atoms with Crippen LogP contribution in [0.15, 0.2) is 76.2 Å². The summed E-state index contributed by atoms with van der Waals surface area (Å²) in [6, 6.07) is 15.2. The zero-order valence-electron chi connectivity index (χ0n) is 19.4. The Labute approximate surface area is 199 Å². The normalized spacial score (nSPS) is 11.5. The van der Waals surface area contributed by atoms with Gasteiger partial charge in [0.05, 0.1) is 17.9 Å². The van der Waals surface area contributed by atoms with Gasteiger partial charge >= 0.3 is 16.1 Å². The van der Waals surface area contributed by atoms with Crippen molar-refractivity contribution in [2.75, 3.05) is 0 Å². The second-order valence-corrected chi connectivity index (χ2v) is 9.65. The fraction of sp³-hybridized carbons (Fsp3) is 0.280. The standard InChI is InChI=1S/C25H27NO7S/c1-17(2)26(24(27)22-12-8-14-31-22)16-19-9-7-10-20(15-19)33-34(29,30)23-13-6-5-11-21(23)25(28)32-18(3)4/h5-15,17-18H,16H2,1-4H3. The van der Waals surface area contributed by atoms with Crippen LogP contribution in [0.25, 0.3) is 0 Å². The summed E-state index contributed by atoms with van der Waals surface area (Å²) >= 11 is 0. The molecule has 0 bridgehead atoms. The fourth-order valence-corrected chi connectivity index (χ4v) is 4.34. The van der Waals surface area contributed by atoms with Crippen LogP contribution >= 0.6 is 0 Å². The first-order valence-corrected chi connectivity index (χ1v) is 12.2. The van der Waals surface area contributed by atoms with Crippen molar-refractivity contribution in [3.63, 3.8) is 0 Å².